The molecule has 0 amide bonds. The van der Waals surface area contributed by atoms with Gasteiger partial charge in [-0.25, -0.2) is 0 Å². The fourth-order valence-electron chi connectivity index (χ4n) is 1.24. The van der Waals surface area contributed by atoms with Crippen molar-refractivity contribution in [1.82, 2.24) is 0 Å². The highest BCUT2D eigenvalue weighted by atomic mass is 16.1. The van der Waals surface area contributed by atoms with Crippen LogP contribution >= 0.6 is 0 Å². The first kappa shape index (κ1) is 12.4. The number of hydrogen-bond acceptors (Lipinski definition) is 1. The summed E-state index contributed by atoms with van der Waals surface area (Å²) in [5.41, 5.74) is 0. The molecule has 0 N–H and O–H groups in total. The van der Waals surface area contributed by atoms with Crippen molar-refractivity contribution in [2.45, 2.75) is 58.3 Å². The van der Waals surface area contributed by atoms with Gasteiger partial charge in [0.1, 0.15) is 0 Å². The van der Waals surface area contributed by atoms with Gasteiger partial charge in [0, 0.05) is 6.42 Å². The lowest BCUT2D eigenvalue weighted by atomic mass is 10.1. The van der Waals surface area contributed by atoms with Crippen molar-refractivity contribution < 1.29 is 4.79 Å². The van der Waals surface area contributed by atoms with E-state index in [4.69, 9.17) is 0 Å². The average Bonchev–Trinajstić information content (AvgIpc) is 2.16. The predicted molar refractivity (Wildman–Crippen MR) is 57.4 cm³/mol. The normalized spacial score (nSPS) is 10.8. The first-order chi connectivity index (χ1) is 6.41. The molecule has 0 aromatic carbocycles. The third-order valence-electron chi connectivity index (χ3n) is 2.05. The summed E-state index contributed by atoms with van der Waals surface area (Å²) in [5.74, 6) is 0. The summed E-state index contributed by atoms with van der Waals surface area (Å²) < 4.78 is 0. The average molecular weight is 181 g/mol. The maximum atomic E-state index is 9.85. The molecular formula is C12H21O. The van der Waals surface area contributed by atoms with Crippen molar-refractivity contribution in [2.75, 3.05) is 0 Å². The molecule has 0 aliphatic carbocycles. The van der Waals surface area contributed by atoms with Crippen LogP contribution in [0.1, 0.15) is 58.3 Å². The van der Waals surface area contributed by atoms with Crippen LogP contribution in [-0.4, -0.2) is 6.29 Å². The lowest BCUT2D eigenvalue weighted by Crippen LogP contribution is -1.76. The molecule has 0 spiro atoms. The lowest BCUT2D eigenvalue weighted by Gasteiger charge is -1.95. The summed E-state index contributed by atoms with van der Waals surface area (Å²) in [6.07, 6.45) is 15.4. The van der Waals surface area contributed by atoms with Gasteiger partial charge in [-0.05, 0) is 19.3 Å². The highest BCUT2D eigenvalue weighted by Gasteiger charge is 1.86. The van der Waals surface area contributed by atoms with E-state index in [1.54, 1.807) is 0 Å². The van der Waals surface area contributed by atoms with Crippen LogP contribution in [0.2, 0.25) is 0 Å². The Balaban J connectivity index is 2.97. The smallest absolute Gasteiger partial charge is 0.198 e. The van der Waals surface area contributed by atoms with E-state index < -0.39 is 0 Å². The van der Waals surface area contributed by atoms with E-state index in [0.29, 0.717) is 6.42 Å². The third kappa shape index (κ3) is 11.4. The SMILES string of the molecule is CCCCCCC/C=C/CC[C]=O. The molecule has 0 heterocycles. The molecule has 0 aliphatic heterocycles. The minimum Gasteiger partial charge on any atom is -0.291 e. The molecule has 75 valence electrons. The Morgan fingerprint density at radius 2 is 1.69 bits per heavy atom. The summed E-state index contributed by atoms with van der Waals surface area (Å²) in [7, 11) is 0. The zero-order chi connectivity index (χ0) is 9.78. The molecule has 1 heteroatoms. The standard InChI is InChI=1S/C12H21O/c1-2-3-4-5-6-7-8-9-10-11-12-13/h8-9H,2-7,10-11H2,1H3/b9-8+. The molecule has 0 atom stereocenters. The van der Waals surface area contributed by atoms with Crippen LogP contribution in [0.3, 0.4) is 0 Å². The molecule has 13 heavy (non-hydrogen) atoms. The molecule has 0 fully saturated rings. The van der Waals surface area contributed by atoms with Gasteiger partial charge in [0.05, 0.1) is 0 Å². The summed E-state index contributed by atoms with van der Waals surface area (Å²) >= 11 is 0. The fourth-order valence-corrected chi connectivity index (χ4v) is 1.24. The Hall–Kier alpha value is -0.590. The minimum atomic E-state index is 0.548. The number of carbonyl (C=O) groups excluding carboxylic acids is 1. The van der Waals surface area contributed by atoms with Crippen molar-refractivity contribution in [2.24, 2.45) is 0 Å². The van der Waals surface area contributed by atoms with Gasteiger partial charge in [-0.1, -0.05) is 44.8 Å². The van der Waals surface area contributed by atoms with Gasteiger partial charge in [0.2, 0.25) is 0 Å². The Bertz CT molecular complexity index is 127. The maximum absolute atomic E-state index is 9.85. The van der Waals surface area contributed by atoms with Crippen LogP contribution in [0.4, 0.5) is 0 Å². The van der Waals surface area contributed by atoms with Crippen LogP contribution in [-0.2, 0) is 4.79 Å². The topological polar surface area (TPSA) is 17.1 Å². The van der Waals surface area contributed by atoms with E-state index in [1.165, 1.54) is 38.5 Å². The second-order valence-electron chi connectivity index (χ2n) is 3.36. The van der Waals surface area contributed by atoms with Crippen molar-refractivity contribution in [3.63, 3.8) is 0 Å². The zero-order valence-corrected chi connectivity index (χ0v) is 8.72. The van der Waals surface area contributed by atoms with E-state index in [0.717, 1.165) is 6.42 Å². The van der Waals surface area contributed by atoms with Crippen molar-refractivity contribution >= 4 is 6.29 Å². The van der Waals surface area contributed by atoms with Crippen molar-refractivity contribution in [3.05, 3.63) is 12.2 Å². The predicted octanol–water partition coefficient (Wildman–Crippen LogP) is 3.79. The van der Waals surface area contributed by atoms with Crippen LogP contribution < -0.4 is 0 Å². The second kappa shape index (κ2) is 11.4. The first-order valence-electron chi connectivity index (χ1n) is 5.41. The molecule has 0 aromatic rings. The second-order valence-corrected chi connectivity index (χ2v) is 3.36. The van der Waals surface area contributed by atoms with Gasteiger partial charge >= 0.3 is 0 Å². The summed E-state index contributed by atoms with van der Waals surface area (Å²) in [5, 5.41) is 0. The monoisotopic (exact) mass is 181 g/mol. The molecule has 0 saturated carbocycles. The Labute approximate surface area is 82.2 Å². The largest absolute Gasteiger partial charge is 0.291 e. The van der Waals surface area contributed by atoms with Crippen LogP contribution in [0.15, 0.2) is 12.2 Å². The number of unbranched alkanes of at least 4 members (excludes halogenated alkanes) is 6. The zero-order valence-electron chi connectivity index (χ0n) is 8.72. The third-order valence-corrected chi connectivity index (χ3v) is 2.05. The van der Waals surface area contributed by atoms with Gasteiger partial charge in [0.15, 0.2) is 6.29 Å². The number of rotatable bonds is 9. The highest BCUT2D eigenvalue weighted by molar-refractivity contribution is 5.50. The van der Waals surface area contributed by atoms with E-state index >= 15 is 0 Å². The number of allylic oxidation sites excluding steroid dienone is 2. The molecule has 1 radical (unpaired) electrons. The maximum Gasteiger partial charge on any atom is 0.198 e. The van der Waals surface area contributed by atoms with Gasteiger partial charge in [-0.15, -0.1) is 0 Å². The summed E-state index contributed by atoms with van der Waals surface area (Å²) in [4.78, 5) is 9.85. The van der Waals surface area contributed by atoms with E-state index in [1.807, 2.05) is 6.29 Å². The van der Waals surface area contributed by atoms with Crippen LogP contribution in [0.5, 0.6) is 0 Å². The quantitative estimate of drug-likeness (QED) is 0.390. The van der Waals surface area contributed by atoms with E-state index in [9.17, 15) is 4.79 Å². The Kier molecular flexibility index (Phi) is 10.9. The number of hydrogen-bond donors (Lipinski definition) is 0. The minimum absolute atomic E-state index is 0.548. The van der Waals surface area contributed by atoms with Crippen molar-refractivity contribution in [1.29, 1.82) is 0 Å². The molecule has 0 unspecified atom stereocenters. The first-order valence-corrected chi connectivity index (χ1v) is 5.41. The van der Waals surface area contributed by atoms with Crippen LogP contribution in [0, 0.1) is 0 Å². The molecule has 0 rings (SSSR count). The molecule has 0 saturated heterocycles. The molecule has 0 bridgehead atoms. The Morgan fingerprint density at radius 3 is 2.38 bits per heavy atom. The summed E-state index contributed by atoms with van der Waals surface area (Å²) in [6, 6.07) is 0. The highest BCUT2D eigenvalue weighted by Crippen LogP contribution is 2.05. The fraction of sp³-hybridized carbons (Fsp3) is 0.750. The van der Waals surface area contributed by atoms with E-state index in [2.05, 4.69) is 19.1 Å². The molecular weight excluding hydrogens is 160 g/mol. The molecule has 0 aromatic heterocycles. The van der Waals surface area contributed by atoms with Gasteiger partial charge < -0.3 is 0 Å². The Morgan fingerprint density at radius 1 is 1.00 bits per heavy atom. The van der Waals surface area contributed by atoms with Gasteiger partial charge in [-0.2, -0.15) is 0 Å². The van der Waals surface area contributed by atoms with Gasteiger partial charge in [-0.3, -0.25) is 4.79 Å². The molecule has 1 nitrogen and oxygen atoms in total. The van der Waals surface area contributed by atoms with Gasteiger partial charge in [0.25, 0.3) is 0 Å². The van der Waals surface area contributed by atoms with Crippen LogP contribution in [0.25, 0.3) is 0 Å². The summed E-state index contributed by atoms with van der Waals surface area (Å²) in [6.45, 7) is 2.23. The lowest BCUT2D eigenvalue weighted by molar-refractivity contribution is 0.551. The molecule has 0 aliphatic rings. The van der Waals surface area contributed by atoms with E-state index in [-0.39, 0.29) is 0 Å². The van der Waals surface area contributed by atoms with Crippen molar-refractivity contribution in [3.8, 4) is 0 Å².